The highest BCUT2D eigenvalue weighted by Gasteiger charge is 2.17. The monoisotopic (exact) mass is 191 g/mol. The number of hydrogen-bond donors (Lipinski definition) is 0. The van der Waals surface area contributed by atoms with E-state index in [9.17, 15) is 5.11 Å². The van der Waals surface area contributed by atoms with Crippen LogP contribution in [0.1, 0.15) is 44.7 Å². The van der Waals surface area contributed by atoms with E-state index in [4.69, 9.17) is 0 Å². The van der Waals surface area contributed by atoms with E-state index in [0.717, 1.165) is 12.0 Å². The third kappa shape index (κ3) is 3.15. The molecule has 1 heteroatoms. The fraction of sp³-hybridized carbons (Fsp3) is 0.538. The predicted molar refractivity (Wildman–Crippen MR) is 58.8 cm³/mol. The zero-order chi connectivity index (χ0) is 10.6. The number of rotatable bonds is 4. The van der Waals surface area contributed by atoms with E-state index in [1.165, 1.54) is 18.4 Å². The summed E-state index contributed by atoms with van der Waals surface area (Å²) < 4.78 is 0. The second-order valence-electron chi connectivity index (χ2n) is 4.31. The Morgan fingerprint density at radius 2 is 1.71 bits per heavy atom. The van der Waals surface area contributed by atoms with Crippen LogP contribution in [0, 0.1) is 0 Å². The van der Waals surface area contributed by atoms with Crippen LogP contribution in [-0.2, 0) is 17.1 Å². The SMILES string of the molecule is CCCCc1ccc(C(C)(C)[O])cc1. The van der Waals surface area contributed by atoms with Crippen LogP contribution in [-0.4, -0.2) is 0 Å². The number of unbranched alkanes of at least 4 members (excludes halogenated alkanes) is 1. The second kappa shape index (κ2) is 4.61. The summed E-state index contributed by atoms with van der Waals surface area (Å²) in [6, 6.07) is 8.06. The van der Waals surface area contributed by atoms with Crippen LogP contribution < -0.4 is 0 Å². The van der Waals surface area contributed by atoms with Gasteiger partial charge in [-0.25, -0.2) is 5.11 Å². The minimum Gasteiger partial charge on any atom is -0.225 e. The first-order valence-corrected chi connectivity index (χ1v) is 5.34. The Labute approximate surface area is 86.8 Å². The van der Waals surface area contributed by atoms with E-state index in [2.05, 4.69) is 19.1 Å². The van der Waals surface area contributed by atoms with Crippen molar-refractivity contribution < 1.29 is 5.11 Å². The lowest BCUT2D eigenvalue weighted by atomic mass is 9.96. The molecule has 0 atom stereocenters. The number of benzene rings is 1. The zero-order valence-electron chi connectivity index (χ0n) is 9.34. The van der Waals surface area contributed by atoms with Crippen molar-refractivity contribution in [2.75, 3.05) is 0 Å². The van der Waals surface area contributed by atoms with Gasteiger partial charge in [0.1, 0.15) is 5.60 Å². The fourth-order valence-corrected chi connectivity index (χ4v) is 1.45. The lowest BCUT2D eigenvalue weighted by Gasteiger charge is -2.14. The minimum atomic E-state index is -0.969. The van der Waals surface area contributed by atoms with Crippen molar-refractivity contribution in [3.05, 3.63) is 35.4 Å². The van der Waals surface area contributed by atoms with Crippen LogP contribution in [0.2, 0.25) is 0 Å². The van der Waals surface area contributed by atoms with Gasteiger partial charge in [-0.2, -0.15) is 0 Å². The molecule has 1 rings (SSSR count). The Balaban J connectivity index is 2.69. The maximum absolute atomic E-state index is 11.6. The van der Waals surface area contributed by atoms with Gasteiger partial charge in [-0.1, -0.05) is 37.6 Å². The van der Waals surface area contributed by atoms with Crippen molar-refractivity contribution in [2.24, 2.45) is 0 Å². The molecule has 0 aliphatic carbocycles. The Morgan fingerprint density at radius 3 is 2.14 bits per heavy atom. The van der Waals surface area contributed by atoms with E-state index >= 15 is 0 Å². The van der Waals surface area contributed by atoms with Crippen molar-refractivity contribution in [1.29, 1.82) is 0 Å². The summed E-state index contributed by atoms with van der Waals surface area (Å²) in [4.78, 5) is 0. The van der Waals surface area contributed by atoms with Gasteiger partial charge in [0.2, 0.25) is 0 Å². The number of aryl methyl sites for hydroxylation is 1. The second-order valence-corrected chi connectivity index (χ2v) is 4.31. The van der Waals surface area contributed by atoms with E-state index < -0.39 is 5.60 Å². The standard InChI is InChI=1S/C13H19O/c1-4-5-6-11-7-9-12(10-8-11)13(2,3)14/h7-10H,4-6H2,1-3H3. The van der Waals surface area contributed by atoms with Crippen molar-refractivity contribution in [1.82, 2.24) is 0 Å². The average molecular weight is 191 g/mol. The normalized spacial score (nSPS) is 11.7. The van der Waals surface area contributed by atoms with Crippen LogP contribution >= 0.6 is 0 Å². The summed E-state index contributed by atoms with van der Waals surface area (Å²) in [6.45, 7) is 5.59. The van der Waals surface area contributed by atoms with Crippen molar-refractivity contribution in [2.45, 2.75) is 45.6 Å². The Kier molecular flexibility index (Phi) is 3.70. The lowest BCUT2D eigenvalue weighted by molar-refractivity contribution is -0.000109. The van der Waals surface area contributed by atoms with Crippen molar-refractivity contribution in [3.8, 4) is 0 Å². The van der Waals surface area contributed by atoms with E-state index in [1.807, 2.05) is 12.1 Å². The van der Waals surface area contributed by atoms with Crippen molar-refractivity contribution in [3.63, 3.8) is 0 Å². The molecule has 1 radical (unpaired) electrons. The first kappa shape index (κ1) is 11.3. The largest absolute Gasteiger partial charge is 0.225 e. The molecule has 0 amide bonds. The van der Waals surface area contributed by atoms with Gasteiger partial charge < -0.3 is 0 Å². The Morgan fingerprint density at radius 1 is 1.14 bits per heavy atom. The molecule has 0 saturated heterocycles. The molecule has 0 spiro atoms. The molecule has 77 valence electrons. The van der Waals surface area contributed by atoms with Gasteiger partial charge in [0.15, 0.2) is 0 Å². The number of hydrogen-bond acceptors (Lipinski definition) is 0. The molecule has 0 unspecified atom stereocenters. The summed E-state index contributed by atoms with van der Waals surface area (Å²) in [7, 11) is 0. The molecule has 1 nitrogen and oxygen atoms in total. The molecular weight excluding hydrogens is 172 g/mol. The minimum absolute atomic E-state index is 0.873. The van der Waals surface area contributed by atoms with Gasteiger partial charge in [0, 0.05) is 0 Å². The smallest absolute Gasteiger partial charge is 0.123 e. The van der Waals surface area contributed by atoms with Crippen LogP contribution in [0.25, 0.3) is 0 Å². The first-order valence-electron chi connectivity index (χ1n) is 5.34. The lowest BCUT2D eigenvalue weighted by Crippen LogP contribution is -2.13. The van der Waals surface area contributed by atoms with Crippen molar-refractivity contribution >= 4 is 0 Å². The van der Waals surface area contributed by atoms with Gasteiger partial charge in [0.25, 0.3) is 0 Å². The first-order chi connectivity index (χ1) is 6.54. The van der Waals surface area contributed by atoms with E-state index in [-0.39, 0.29) is 0 Å². The summed E-state index contributed by atoms with van der Waals surface area (Å²) in [5.41, 5.74) is 1.24. The highest BCUT2D eigenvalue weighted by molar-refractivity contribution is 5.26. The molecular formula is C13H19O. The molecule has 0 saturated carbocycles. The predicted octanol–water partition coefficient (Wildman–Crippen LogP) is 3.69. The maximum atomic E-state index is 11.6. The average Bonchev–Trinajstić information content (AvgIpc) is 2.14. The molecule has 0 heterocycles. The summed E-state index contributed by atoms with van der Waals surface area (Å²) in [5.74, 6) is 0. The fourth-order valence-electron chi connectivity index (χ4n) is 1.45. The molecule has 1 aromatic carbocycles. The quantitative estimate of drug-likeness (QED) is 0.691. The molecule has 0 N–H and O–H groups in total. The molecule has 0 fully saturated rings. The van der Waals surface area contributed by atoms with Crippen LogP contribution in [0.4, 0.5) is 0 Å². The Hall–Kier alpha value is -0.820. The summed E-state index contributed by atoms with van der Waals surface area (Å²) >= 11 is 0. The molecule has 0 aliphatic rings. The maximum Gasteiger partial charge on any atom is 0.123 e. The van der Waals surface area contributed by atoms with Gasteiger partial charge in [-0.3, -0.25) is 0 Å². The van der Waals surface area contributed by atoms with Crippen LogP contribution in [0.15, 0.2) is 24.3 Å². The zero-order valence-corrected chi connectivity index (χ0v) is 9.34. The van der Waals surface area contributed by atoms with Gasteiger partial charge >= 0.3 is 0 Å². The molecule has 0 aliphatic heterocycles. The molecule has 14 heavy (non-hydrogen) atoms. The summed E-state index contributed by atoms with van der Waals surface area (Å²) in [6.07, 6.45) is 3.56. The van der Waals surface area contributed by atoms with Gasteiger partial charge in [0.05, 0.1) is 0 Å². The highest BCUT2D eigenvalue weighted by atomic mass is 16.3. The third-order valence-electron chi connectivity index (χ3n) is 2.47. The molecule has 1 aromatic rings. The van der Waals surface area contributed by atoms with Gasteiger partial charge in [-0.05, 0) is 37.8 Å². The van der Waals surface area contributed by atoms with Crippen LogP contribution in [0.5, 0.6) is 0 Å². The van der Waals surface area contributed by atoms with Crippen LogP contribution in [0.3, 0.4) is 0 Å². The third-order valence-corrected chi connectivity index (χ3v) is 2.47. The van der Waals surface area contributed by atoms with E-state index in [1.54, 1.807) is 13.8 Å². The van der Waals surface area contributed by atoms with Gasteiger partial charge in [-0.15, -0.1) is 0 Å². The summed E-state index contributed by atoms with van der Waals surface area (Å²) in [5, 5.41) is 11.6. The van der Waals surface area contributed by atoms with E-state index in [0.29, 0.717) is 0 Å². The molecule has 0 aromatic heterocycles. The Bertz CT molecular complexity index is 266. The highest BCUT2D eigenvalue weighted by Crippen LogP contribution is 2.20. The molecule has 0 bridgehead atoms. The topological polar surface area (TPSA) is 19.9 Å².